The van der Waals surface area contributed by atoms with Gasteiger partial charge in [0.25, 0.3) is 5.56 Å². The standard InChI is InChI=1S/C12H21N5O2/c1-4-8-7-17(6-5-9(8)13)10-11(18)15(2)12(19)16(3)14-10/h8-9H,4-7,13H2,1-3H3. The lowest BCUT2D eigenvalue weighted by Gasteiger charge is -2.36. The van der Waals surface area contributed by atoms with Crippen LogP contribution in [-0.4, -0.2) is 33.5 Å². The van der Waals surface area contributed by atoms with Gasteiger partial charge in [-0.2, -0.15) is 0 Å². The maximum absolute atomic E-state index is 12.1. The quantitative estimate of drug-likeness (QED) is 0.746. The van der Waals surface area contributed by atoms with Gasteiger partial charge >= 0.3 is 5.69 Å². The first-order chi connectivity index (χ1) is 8.95. The van der Waals surface area contributed by atoms with E-state index in [9.17, 15) is 9.59 Å². The Morgan fingerprint density at radius 2 is 2.05 bits per heavy atom. The predicted molar refractivity (Wildman–Crippen MR) is 73.3 cm³/mol. The molecule has 0 bridgehead atoms. The molecule has 0 radical (unpaired) electrons. The number of rotatable bonds is 2. The fourth-order valence-electron chi connectivity index (χ4n) is 2.55. The van der Waals surface area contributed by atoms with Crippen LogP contribution < -0.4 is 21.9 Å². The lowest BCUT2D eigenvalue weighted by atomic mass is 9.91. The summed E-state index contributed by atoms with van der Waals surface area (Å²) in [5.41, 5.74) is 5.32. The van der Waals surface area contributed by atoms with E-state index in [1.807, 2.05) is 4.90 Å². The molecule has 0 amide bonds. The second-order valence-electron chi connectivity index (χ2n) is 5.16. The number of aromatic nitrogens is 3. The zero-order chi connectivity index (χ0) is 14.2. The number of hydrogen-bond acceptors (Lipinski definition) is 5. The van der Waals surface area contributed by atoms with Crippen LogP contribution in [0, 0.1) is 5.92 Å². The minimum absolute atomic E-state index is 0.178. The number of hydrogen-bond donors (Lipinski definition) is 1. The van der Waals surface area contributed by atoms with Crippen molar-refractivity contribution in [2.24, 2.45) is 25.7 Å². The summed E-state index contributed by atoms with van der Waals surface area (Å²) in [7, 11) is 3.03. The maximum Gasteiger partial charge on any atom is 0.346 e. The third-order valence-electron chi connectivity index (χ3n) is 3.92. The second-order valence-corrected chi connectivity index (χ2v) is 5.16. The number of nitrogens with two attached hydrogens (primary N) is 1. The number of anilines is 1. The summed E-state index contributed by atoms with van der Waals surface area (Å²) in [5.74, 6) is 0.701. The van der Waals surface area contributed by atoms with E-state index < -0.39 is 5.69 Å². The van der Waals surface area contributed by atoms with Gasteiger partial charge < -0.3 is 10.6 Å². The molecule has 1 saturated heterocycles. The van der Waals surface area contributed by atoms with Crippen LogP contribution in [0.15, 0.2) is 9.59 Å². The van der Waals surface area contributed by atoms with E-state index in [0.717, 1.165) is 24.0 Å². The fraction of sp³-hybridized carbons (Fsp3) is 0.750. The molecule has 1 fully saturated rings. The molecule has 2 N–H and O–H groups in total. The van der Waals surface area contributed by atoms with Gasteiger partial charge in [-0.3, -0.25) is 9.36 Å². The predicted octanol–water partition coefficient (Wildman–Crippen LogP) is -0.957. The van der Waals surface area contributed by atoms with Gasteiger partial charge in [0.05, 0.1) is 0 Å². The maximum atomic E-state index is 12.1. The van der Waals surface area contributed by atoms with E-state index in [1.54, 1.807) is 7.05 Å². The van der Waals surface area contributed by atoms with Crippen molar-refractivity contribution in [3.63, 3.8) is 0 Å². The molecule has 0 aromatic carbocycles. The fourth-order valence-corrected chi connectivity index (χ4v) is 2.55. The summed E-state index contributed by atoms with van der Waals surface area (Å²) in [4.78, 5) is 25.7. The van der Waals surface area contributed by atoms with Crippen molar-refractivity contribution >= 4 is 5.82 Å². The first-order valence-corrected chi connectivity index (χ1v) is 6.60. The van der Waals surface area contributed by atoms with Crippen LogP contribution in [0.2, 0.25) is 0 Å². The molecular weight excluding hydrogens is 246 g/mol. The lowest BCUT2D eigenvalue weighted by Crippen LogP contribution is -2.50. The van der Waals surface area contributed by atoms with E-state index in [1.165, 1.54) is 11.7 Å². The van der Waals surface area contributed by atoms with Crippen molar-refractivity contribution in [2.75, 3.05) is 18.0 Å². The molecule has 1 aromatic rings. The average molecular weight is 267 g/mol. The molecule has 19 heavy (non-hydrogen) atoms. The molecule has 0 saturated carbocycles. The topological polar surface area (TPSA) is 86.2 Å². The van der Waals surface area contributed by atoms with Gasteiger partial charge in [0.2, 0.25) is 5.82 Å². The van der Waals surface area contributed by atoms with Gasteiger partial charge in [0.1, 0.15) is 0 Å². The molecule has 1 aliphatic heterocycles. The van der Waals surface area contributed by atoms with E-state index in [-0.39, 0.29) is 11.6 Å². The van der Waals surface area contributed by atoms with Crippen LogP contribution in [0.5, 0.6) is 0 Å². The molecule has 2 atom stereocenters. The van der Waals surface area contributed by atoms with E-state index in [2.05, 4.69) is 12.0 Å². The summed E-state index contributed by atoms with van der Waals surface area (Å²) < 4.78 is 2.30. The monoisotopic (exact) mass is 267 g/mol. The van der Waals surface area contributed by atoms with Crippen molar-refractivity contribution in [2.45, 2.75) is 25.8 Å². The molecule has 7 heteroatoms. The van der Waals surface area contributed by atoms with Crippen LogP contribution in [0.3, 0.4) is 0 Å². The first-order valence-electron chi connectivity index (χ1n) is 6.60. The van der Waals surface area contributed by atoms with Crippen LogP contribution in [0.1, 0.15) is 19.8 Å². The summed E-state index contributed by atoms with van der Waals surface area (Å²) >= 11 is 0. The third kappa shape index (κ3) is 2.42. The Kier molecular flexibility index (Phi) is 3.75. The Balaban J connectivity index is 2.38. The molecule has 0 aliphatic carbocycles. The lowest BCUT2D eigenvalue weighted by molar-refractivity contribution is 0.344. The van der Waals surface area contributed by atoms with Crippen LogP contribution >= 0.6 is 0 Å². The minimum Gasteiger partial charge on any atom is -0.350 e. The van der Waals surface area contributed by atoms with Gasteiger partial charge in [-0.05, 0) is 12.3 Å². The van der Waals surface area contributed by atoms with Crippen molar-refractivity contribution in [1.29, 1.82) is 0 Å². The van der Waals surface area contributed by atoms with Crippen LogP contribution in [0.25, 0.3) is 0 Å². The highest BCUT2D eigenvalue weighted by atomic mass is 16.2. The molecule has 7 nitrogen and oxygen atoms in total. The van der Waals surface area contributed by atoms with E-state index >= 15 is 0 Å². The normalized spacial score (nSPS) is 23.7. The molecule has 2 rings (SSSR count). The van der Waals surface area contributed by atoms with E-state index in [4.69, 9.17) is 5.73 Å². The Bertz CT molecular complexity index is 576. The van der Waals surface area contributed by atoms with Crippen LogP contribution in [0.4, 0.5) is 5.82 Å². The second kappa shape index (κ2) is 5.16. The summed E-state index contributed by atoms with van der Waals surface area (Å²) in [6, 6.07) is 0.178. The molecule has 2 heterocycles. The number of nitrogens with zero attached hydrogens (tertiary/aromatic N) is 4. The van der Waals surface area contributed by atoms with Gasteiger partial charge in [0, 0.05) is 33.2 Å². The molecular formula is C12H21N5O2. The number of piperidine rings is 1. The van der Waals surface area contributed by atoms with E-state index in [0.29, 0.717) is 18.3 Å². The zero-order valence-electron chi connectivity index (χ0n) is 11.7. The van der Waals surface area contributed by atoms with Gasteiger partial charge in [-0.25, -0.2) is 9.48 Å². The Hall–Kier alpha value is -1.63. The molecule has 2 unspecified atom stereocenters. The summed E-state index contributed by atoms with van der Waals surface area (Å²) in [5, 5.41) is 4.11. The van der Waals surface area contributed by atoms with Gasteiger partial charge in [-0.1, -0.05) is 13.3 Å². The molecule has 106 valence electrons. The zero-order valence-corrected chi connectivity index (χ0v) is 11.7. The highest BCUT2D eigenvalue weighted by Crippen LogP contribution is 2.20. The van der Waals surface area contributed by atoms with Crippen molar-refractivity contribution in [3.05, 3.63) is 20.8 Å². The number of aryl methyl sites for hydroxylation is 1. The van der Waals surface area contributed by atoms with Crippen molar-refractivity contribution < 1.29 is 0 Å². The average Bonchev–Trinajstić information content (AvgIpc) is 2.41. The van der Waals surface area contributed by atoms with Gasteiger partial charge in [-0.15, -0.1) is 5.10 Å². The smallest absolute Gasteiger partial charge is 0.346 e. The summed E-state index contributed by atoms with van der Waals surface area (Å²) in [6.45, 7) is 3.52. The SMILES string of the molecule is CCC1CN(c2nn(C)c(=O)n(C)c2=O)CCC1N. The Morgan fingerprint density at radius 3 is 2.68 bits per heavy atom. The molecule has 1 aromatic heterocycles. The van der Waals surface area contributed by atoms with Crippen molar-refractivity contribution in [1.82, 2.24) is 14.3 Å². The highest BCUT2D eigenvalue weighted by molar-refractivity contribution is 5.35. The third-order valence-corrected chi connectivity index (χ3v) is 3.92. The van der Waals surface area contributed by atoms with Gasteiger partial charge in [0.15, 0.2) is 0 Å². The summed E-state index contributed by atoms with van der Waals surface area (Å²) in [6.07, 6.45) is 1.82. The van der Waals surface area contributed by atoms with Crippen molar-refractivity contribution in [3.8, 4) is 0 Å². The Labute approximate surface area is 111 Å². The Morgan fingerprint density at radius 1 is 1.37 bits per heavy atom. The minimum atomic E-state index is -0.408. The first kappa shape index (κ1) is 13.8. The van der Waals surface area contributed by atoms with Crippen LogP contribution in [-0.2, 0) is 14.1 Å². The molecule has 0 spiro atoms. The highest BCUT2D eigenvalue weighted by Gasteiger charge is 2.28. The molecule has 1 aliphatic rings. The largest absolute Gasteiger partial charge is 0.350 e.